The molecule has 1 saturated carbocycles. The lowest BCUT2D eigenvalue weighted by molar-refractivity contribution is -0.0445. The van der Waals surface area contributed by atoms with E-state index >= 15 is 0 Å². The van der Waals surface area contributed by atoms with Gasteiger partial charge in [0.25, 0.3) is 5.91 Å². The summed E-state index contributed by atoms with van der Waals surface area (Å²) < 4.78 is 32.6. The number of hydrogen-bond donors (Lipinski definition) is 1. The van der Waals surface area contributed by atoms with Gasteiger partial charge in [-0.25, -0.2) is 8.78 Å². The molecule has 1 aromatic carbocycles. The largest absolute Gasteiger partial charge is 0.394 e. The van der Waals surface area contributed by atoms with Crippen molar-refractivity contribution >= 4 is 11.6 Å². The molecule has 2 aliphatic rings. The van der Waals surface area contributed by atoms with E-state index in [1.54, 1.807) is 4.90 Å². The standard InChI is InChI=1S/C14H16F2N2O2/c15-9-6-8(7-10(16)13(9)17)14(19)18-4-5-20-12-3-1-2-11(12)18/h6-7,11-12H,1-5,17H2. The normalized spacial score (nSPS) is 25.6. The van der Waals surface area contributed by atoms with Crippen LogP contribution < -0.4 is 5.73 Å². The first kappa shape index (κ1) is 13.3. The van der Waals surface area contributed by atoms with Gasteiger partial charge in [0.05, 0.1) is 18.8 Å². The molecule has 2 fully saturated rings. The van der Waals surface area contributed by atoms with Gasteiger partial charge in [0.2, 0.25) is 0 Å². The van der Waals surface area contributed by atoms with Crippen LogP contribution in [0.25, 0.3) is 0 Å². The Kier molecular flexibility index (Phi) is 3.33. The van der Waals surface area contributed by atoms with E-state index in [1.165, 1.54) is 0 Å². The van der Waals surface area contributed by atoms with Crippen molar-refractivity contribution in [3.63, 3.8) is 0 Å². The second-order valence-electron chi connectivity index (χ2n) is 5.26. The van der Waals surface area contributed by atoms with Crippen molar-refractivity contribution in [2.75, 3.05) is 18.9 Å². The SMILES string of the molecule is Nc1c(F)cc(C(=O)N2CCOC3CCCC32)cc1F. The first-order chi connectivity index (χ1) is 9.58. The lowest BCUT2D eigenvalue weighted by Crippen LogP contribution is -2.51. The number of nitrogen functional groups attached to an aromatic ring is 1. The van der Waals surface area contributed by atoms with E-state index in [0.29, 0.717) is 13.2 Å². The van der Waals surface area contributed by atoms with Gasteiger partial charge in [-0.3, -0.25) is 4.79 Å². The Morgan fingerprint density at radius 2 is 2.00 bits per heavy atom. The number of ether oxygens (including phenoxy) is 1. The fourth-order valence-corrected chi connectivity index (χ4v) is 3.05. The molecule has 2 N–H and O–H groups in total. The number of rotatable bonds is 1. The molecule has 1 saturated heterocycles. The number of benzene rings is 1. The molecule has 20 heavy (non-hydrogen) atoms. The van der Waals surface area contributed by atoms with E-state index < -0.39 is 17.3 Å². The van der Waals surface area contributed by atoms with Crippen LogP contribution in [-0.2, 0) is 4.74 Å². The third-order valence-corrected chi connectivity index (χ3v) is 4.07. The van der Waals surface area contributed by atoms with E-state index in [0.717, 1.165) is 31.4 Å². The van der Waals surface area contributed by atoms with Gasteiger partial charge in [-0.1, -0.05) is 0 Å². The maximum Gasteiger partial charge on any atom is 0.254 e. The minimum Gasteiger partial charge on any atom is -0.394 e. The minimum absolute atomic E-state index is 0.00162. The number of anilines is 1. The molecule has 2 unspecified atom stereocenters. The molecule has 1 heterocycles. The maximum absolute atomic E-state index is 13.5. The summed E-state index contributed by atoms with van der Waals surface area (Å²) in [6.45, 7) is 0.917. The smallest absolute Gasteiger partial charge is 0.254 e. The Balaban J connectivity index is 1.88. The number of fused-ring (bicyclic) bond motifs is 1. The summed E-state index contributed by atoms with van der Waals surface area (Å²) in [5.74, 6) is -2.16. The first-order valence-corrected chi connectivity index (χ1v) is 6.75. The van der Waals surface area contributed by atoms with Crippen LogP contribution in [0.1, 0.15) is 29.6 Å². The Morgan fingerprint density at radius 1 is 1.30 bits per heavy atom. The molecule has 1 amide bonds. The summed E-state index contributed by atoms with van der Waals surface area (Å²) in [5.41, 5.74) is 4.67. The van der Waals surface area contributed by atoms with E-state index in [9.17, 15) is 13.6 Å². The van der Waals surface area contributed by atoms with Crippen molar-refractivity contribution in [1.82, 2.24) is 4.90 Å². The van der Waals surface area contributed by atoms with Crippen molar-refractivity contribution in [2.45, 2.75) is 31.4 Å². The van der Waals surface area contributed by atoms with Gasteiger partial charge in [0.15, 0.2) is 0 Å². The zero-order valence-electron chi connectivity index (χ0n) is 10.9. The Labute approximate surface area is 115 Å². The lowest BCUT2D eigenvalue weighted by atomic mass is 10.1. The number of nitrogens with two attached hydrogens (primary N) is 1. The molecular formula is C14H16F2N2O2. The highest BCUT2D eigenvalue weighted by molar-refractivity contribution is 5.95. The van der Waals surface area contributed by atoms with Gasteiger partial charge < -0.3 is 15.4 Å². The highest BCUT2D eigenvalue weighted by Gasteiger charge is 2.38. The van der Waals surface area contributed by atoms with Crippen LogP contribution in [0.2, 0.25) is 0 Å². The zero-order valence-corrected chi connectivity index (χ0v) is 10.9. The third kappa shape index (κ3) is 2.14. The molecule has 0 spiro atoms. The number of hydrogen-bond acceptors (Lipinski definition) is 3. The van der Waals surface area contributed by atoms with Gasteiger partial charge in [0, 0.05) is 12.1 Å². The third-order valence-electron chi connectivity index (χ3n) is 4.07. The van der Waals surface area contributed by atoms with Crippen LogP contribution in [0.3, 0.4) is 0 Å². The number of halogens is 2. The summed E-state index contributed by atoms with van der Waals surface area (Å²) >= 11 is 0. The van der Waals surface area contributed by atoms with Crippen molar-refractivity contribution in [2.24, 2.45) is 0 Å². The predicted molar refractivity (Wildman–Crippen MR) is 69.2 cm³/mol. The Hall–Kier alpha value is -1.69. The van der Waals surface area contributed by atoms with Crippen molar-refractivity contribution in [1.29, 1.82) is 0 Å². The van der Waals surface area contributed by atoms with E-state index in [-0.39, 0.29) is 23.6 Å². The molecule has 0 bridgehead atoms. The summed E-state index contributed by atoms with van der Waals surface area (Å²) in [7, 11) is 0. The van der Waals surface area contributed by atoms with E-state index in [4.69, 9.17) is 10.5 Å². The fourth-order valence-electron chi connectivity index (χ4n) is 3.05. The van der Waals surface area contributed by atoms with Crippen LogP contribution in [0, 0.1) is 11.6 Å². The second-order valence-corrected chi connectivity index (χ2v) is 5.26. The predicted octanol–water partition coefficient (Wildman–Crippen LogP) is 1.94. The van der Waals surface area contributed by atoms with Crippen LogP contribution in [0.5, 0.6) is 0 Å². The minimum atomic E-state index is -0.899. The number of carbonyl (C=O) groups excluding carboxylic acids is 1. The summed E-state index contributed by atoms with van der Waals surface area (Å²) in [4.78, 5) is 14.1. The van der Waals surface area contributed by atoms with Crippen LogP contribution in [0.4, 0.5) is 14.5 Å². The van der Waals surface area contributed by atoms with E-state index in [2.05, 4.69) is 0 Å². The molecule has 4 nitrogen and oxygen atoms in total. The zero-order chi connectivity index (χ0) is 14.3. The van der Waals surface area contributed by atoms with Crippen molar-refractivity contribution in [3.8, 4) is 0 Å². The quantitative estimate of drug-likeness (QED) is 0.801. The van der Waals surface area contributed by atoms with Gasteiger partial charge in [-0.2, -0.15) is 0 Å². The average Bonchev–Trinajstić information content (AvgIpc) is 2.91. The molecule has 108 valence electrons. The Morgan fingerprint density at radius 3 is 2.70 bits per heavy atom. The van der Waals surface area contributed by atoms with Gasteiger partial charge >= 0.3 is 0 Å². The van der Waals surface area contributed by atoms with Gasteiger partial charge in [0.1, 0.15) is 17.3 Å². The number of morpholine rings is 1. The molecule has 0 aromatic heterocycles. The second kappa shape index (κ2) is 5.01. The summed E-state index contributed by atoms with van der Waals surface area (Å²) in [5, 5.41) is 0. The van der Waals surface area contributed by atoms with Crippen LogP contribution in [-0.4, -0.2) is 36.1 Å². The molecule has 1 aromatic rings. The molecule has 6 heteroatoms. The van der Waals surface area contributed by atoms with Gasteiger partial charge in [-0.15, -0.1) is 0 Å². The summed E-state index contributed by atoms with van der Waals surface area (Å²) in [6, 6.07) is 2.01. The average molecular weight is 282 g/mol. The van der Waals surface area contributed by atoms with Crippen LogP contribution in [0.15, 0.2) is 12.1 Å². The molecule has 1 aliphatic carbocycles. The topological polar surface area (TPSA) is 55.6 Å². The van der Waals surface area contributed by atoms with E-state index in [1.807, 2.05) is 0 Å². The molecule has 1 aliphatic heterocycles. The fraction of sp³-hybridized carbons (Fsp3) is 0.500. The maximum atomic E-state index is 13.5. The highest BCUT2D eigenvalue weighted by atomic mass is 19.1. The lowest BCUT2D eigenvalue weighted by Gasteiger charge is -2.37. The highest BCUT2D eigenvalue weighted by Crippen LogP contribution is 2.31. The number of nitrogens with zero attached hydrogens (tertiary/aromatic N) is 1. The molecule has 3 rings (SSSR count). The van der Waals surface area contributed by atoms with Gasteiger partial charge in [-0.05, 0) is 31.4 Å². The monoisotopic (exact) mass is 282 g/mol. The first-order valence-electron chi connectivity index (χ1n) is 6.75. The Bertz CT molecular complexity index is 527. The molecular weight excluding hydrogens is 266 g/mol. The summed E-state index contributed by atoms with van der Waals surface area (Å²) in [6.07, 6.45) is 2.86. The van der Waals surface area contributed by atoms with Crippen LogP contribution >= 0.6 is 0 Å². The molecule has 2 atom stereocenters. The van der Waals surface area contributed by atoms with Crippen molar-refractivity contribution in [3.05, 3.63) is 29.3 Å². The molecule has 0 radical (unpaired) electrons. The van der Waals surface area contributed by atoms with Crippen molar-refractivity contribution < 1.29 is 18.3 Å². The number of amides is 1. The number of carbonyl (C=O) groups is 1.